The molecule has 23 heavy (non-hydrogen) atoms. The molecule has 0 amide bonds. The summed E-state index contributed by atoms with van der Waals surface area (Å²) in [7, 11) is 2.10. The van der Waals surface area contributed by atoms with E-state index in [9.17, 15) is 0 Å². The Morgan fingerprint density at radius 1 is 1.17 bits per heavy atom. The molecule has 0 aromatic heterocycles. The van der Waals surface area contributed by atoms with Gasteiger partial charge in [0.25, 0.3) is 0 Å². The van der Waals surface area contributed by atoms with Crippen LogP contribution in [0.25, 0.3) is 17.2 Å². The largest absolute Gasteiger partial charge is 0.365 e. The van der Waals surface area contributed by atoms with Crippen molar-refractivity contribution in [1.29, 1.82) is 5.26 Å². The van der Waals surface area contributed by atoms with Gasteiger partial charge in [-0.05, 0) is 50.1 Å². The predicted octanol–water partition coefficient (Wildman–Crippen LogP) is 5.51. The molecule has 0 atom stereocenters. The van der Waals surface area contributed by atoms with Crippen LogP contribution in [0.1, 0.15) is 31.9 Å². The summed E-state index contributed by atoms with van der Waals surface area (Å²) in [5.74, 6) is 0. The average Bonchev–Trinajstić information content (AvgIpc) is 2.54. The van der Waals surface area contributed by atoms with Gasteiger partial charge in [-0.25, -0.2) is 0 Å². The second kappa shape index (κ2) is 5.44. The Balaban J connectivity index is 2.20. The predicted molar refractivity (Wildman–Crippen MR) is 97.7 cm³/mol. The number of likely N-dealkylation sites (N-methyl/N-ethyl adjacent to an activating group) is 1. The number of hydrogen-bond acceptors (Lipinski definition) is 2. The number of halogens is 1. The third-order valence-corrected chi connectivity index (χ3v) is 5.39. The number of nitriles is 1. The fourth-order valence-electron chi connectivity index (χ4n) is 2.95. The van der Waals surface area contributed by atoms with Crippen molar-refractivity contribution >= 4 is 23.4 Å². The molecule has 2 aromatic rings. The lowest BCUT2D eigenvalue weighted by atomic mass is 9.86. The van der Waals surface area contributed by atoms with E-state index >= 15 is 0 Å². The van der Waals surface area contributed by atoms with Gasteiger partial charge in [0.1, 0.15) is 0 Å². The van der Waals surface area contributed by atoms with E-state index in [-0.39, 0.29) is 5.54 Å². The van der Waals surface area contributed by atoms with E-state index in [0.717, 1.165) is 27.4 Å². The van der Waals surface area contributed by atoms with Crippen LogP contribution in [0, 0.1) is 11.3 Å². The van der Waals surface area contributed by atoms with E-state index < -0.39 is 0 Å². The van der Waals surface area contributed by atoms with Crippen molar-refractivity contribution in [3.8, 4) is 17.2 Å². The minimum atomic E-state index is -0.0292. The van der Waals surface area contributed by atoms with Crippen LogP contribution in [0.15, 0.2) is 42.0 Å². The van der Waals surface area contributed by atoms with Crippen LogP contribution in [0.4, 0.5) is 5.69 Å². The number of anilines is 1. The van der Waals surface area contributed by atoms with E-state index in [0.29, 0.717) is 5.56 Å². The third kappa shape index (κ3) is 2.42. The highest BCUT2D eigenvalue weighted by Crippen LogP contribution is 2.44. The van der Waals surface area contributed by atoms with Gasteiger partial charge in [0.15, 0.2) is 0 Å². The number of rotatable bonds is 1. The van der Waals surface area contributed by atoms with Gasteiger partial charge in [0.2, 0.25) is 0 Å². The summed E-state index contributed by atoms with van der Waals surface area (Å²) in [4.78, 5) is 2.26. The summed E-state index contributed by atoms with van der Waals surface area (Å²) < 4.78 is 0. The van der Waals surface area contributed by atoms with Crippen LogP contribution >= 0.6 is 11.6 Å². The van der Waals surface area contributed by atoms with Gasteiger partial charge in [-0.15, -0.1) is 0 Å². The number of nitrogens with zero attached hydrogens (tertiary/aromatic N) is 2. The first-order chi connectivity index (χ1) is 10.9. The molecule has 0 aliphatic carbocycles. The summed E-state index contributed by atoms with van der Waals surface area (Å²) in [6, 6.07) is 13.9. The molecule has 0 saturated carbocycles. The number of fused-ring (bicyclic) bond motifs is 1. The van der Waals surface area contributed by atoms with E-state index in [1.165, 1.54) is 5.57 Å². The zero-order chi connectivity index (χ0) is 16.8. The van der Waals surface area contributed by atoms with Crippen molar-refractivity contribution in [2.24, 2.45) is 0 Å². The Kier molecular flexibility index (Phi) is 3.70. The van der Waals surface area contributed by atoms with Crippen molar-refractivity contribution in [3.05, 3.63) is 58.1 Å². The van der Waals surface area contributed by atoms with Crippen molar-refractivity contribution in [1.82, 2.24) is 0 Å². The maximum absolute atomic E-state index is 9.10. The maximum Gasteiger partial charge on any atom is 0.0991 e. The average molecular weight is 323 g/mol. The molecule has 1 aliphatic heterocycles. The van der Waals surface area contributed by atoms with Gasteiger partial charge in [-0.1, -0.05) is 35.9 Å². The highest BCUT2D eigenvalue weighted by Gasteiger charge is 2.32. The molecule has 0 saturated heterocycles. The van der Waals surface area contributed by atoms with Gasteiger partial charge < -0.3 is 4.90 Å². The zero-order valence-corrected chi connectivity index (χ0v) is 14.6. The Hall–Kier alpha value is -2.24. The molecule has 2 nitrogen and oxygen atoms in total. The first-order valence-electron chi connectivity index (χ1n) is 7.62. The van der Waals surface area contributed by atoms with Crippen LogP contribution in [0.2, 0.25) is 5.02 Å². The molecule has 1 aliphatic rings. The molecular weight excluding hydrogens is 304 g/mol. The molecule has 0 N–H and O–H groups in total. The highest BCUT2D eigenvalue weighted by molar-refractivity contribution is 6.35. The van der Waals surface area contributed by atoms with Gasteiger partial charge in [0, 0.05) is 23.9 Å². The lowest BCUT2D eigenvalue weighted by Crippen LogP contribution is -2.44. The maximum atomic E-state index is 9.10. The van der Waals surface area contributed by atoms with Gasteiger partial charge in [-0.3, -0.25) is 0 Å². The van der Waals surface area contributed by atoms with Gasteiger partial charge in [-0.2, -0.15) is 5.26 Å². The molecular formula is C20H19ClN2. The monoisotopic (exact) mass is 322 g/mol. The summed E-state index contributed by atoms with van der Waals surface area (Å²) in [6.45, 7) is 6.55. The van der Waals surface area contributed by atoms with E-state index in [4.69, 9.17) is 16.9 Å². The first kappa shape index (κ1) is 15.6. The molecule has 0 radical (unpaired) electrons. The van der Waals surface area contributed by atoms with E-state index in [1.54, 1.807) is 6.07 Å². The minimum Gasteiger partial charge on any atom is -0.365 e. The molecule has 0 unspecified atom stereocenters. The fraction of sp³-hybridized carbons (Fsp3) is 0.250. The van der Waals surface area contributed by atoms with Crippen molar-refractivity contribution in [2.75, 3.05) is 11.9 Å². The Morgan fingerprint density at radius 3 is 2.61 bits per heavy atom. The molecule has 1 heterocycles. The number of benzene rings is 2. The summed E-state index contributed by atoms with van der Waals surface area (Å²) >= 11 is 6.73. The molecule has 3 heteroatoms. The van der Waals surface area contributed by atoms with Crippen LogP contribution in [-0.2, 0) is 0 Å². The Labute approximate surface area is 142 Å². The molecule has 116 valence electrons. The Bertz CT molecular complexity index is 856. The lowest BCUT2D eigenvalue weighted by molar-refractivity contribution is 0.565. The van der Waals surface area contributed by atoms with E-state index in [1.807, 2.05) is 24.3 Å². The van der Waals surface area contributed by atoms with E-state index in [2.05, 4.69) is 50.9 Å². The highest BCUT2D eigenvalue weighted by atomic mass is 35.5. The number of hydrogen-bond donors (Lipinski definition) is 0. The standard InChI is InChI=1S/C20H19ClN2/c1-13-10-17-18(23(4)20(13,2)3)9-8-16(19(17)21)15-7-5-6-14(11-15)12-22/h5-11H,1-4H3. The summed E-state index contributed by atoms with van der Waals surface area (Å²) in [6.07, 6.45) is 2.18. The fourth-order valence-corrected chi connectivity index (χ4v) is 3.27. The topological polar surface area (TPSA) is 27.0 Å². The second-order valence-electron chi connectivity index (χ2n) is 6.50. The second-order valence-corrected chi connectivity index (χ2v) is 6.88. The van der Waals surface area contributed by atoms with Crippen molar-refractivity contribution in [3.63, 3.8) is 0 Å². The molecule has 0 bridgehead atoms. The molecule has 0 fully saturated rings. The van der Waals surface area contributed by atoms with Gasteiger partial charge >= 0.3 is 0 Å². The molecule has 3 rings (SSSR count). The van der Waals surface area contributed by atoms with Crippen molar-refractivity contribution in [2.45, 2.75) is 26.3 Å². The van der Waals surface area contributed by atoms with Crippen LogP contribution in [-0.4, -0.2) is 12.6 Å². The smallest absolute Gasteiger partial charge is 0.0991 e. The summed E-state index contributed by atoms with van der Waals surface area (Å²) in [5, 5.41) is 9.83. The minimum absolute atomic E-state index is 0.0292. The lowest BCUT2D eigenvalue weighted by Gasteiger charge is -2.43. The normalized spacial score (nSPS) is 15.7. The Morgan fingerprint density at radius 2 is 1.91 bits per heavy atom. The van der Waals surface area contributed by atoms with Crippen LogP contribution in [0.3, 0.4) is 0 Å². The van der Waals surface area contributed by atoms with Gasteiger partial charge in [0.05, 0.1) is 22.2 Å². The first-order valence-corrected chi connectivity index (χ1v) is 7.99. The zero-order valence-electron chi connectivity index (χ0n) is 13.8. The van der Waals surface area contributed by atoms with Crippen LogP contribution in [0.5, 0.6) is 0 Å². The summed E-state index contributed by atoms with van der Waals surface area (Å²) in [5.41, 5.74) is 5.99. The molecule has 0 spiro atoms. The van der Waals surface area contributed by atoms with Crippen molar-refractivity contribution < 1.29 is 0 Å². The third-order valence-electron chi connectivity index (χ3n) is 4.99. The quantitative estimate of drug-likeness (QED) is 0.692. The van der Waals surface area contributed by atoms with Crippen LogP contribution < -0.4 is 4.90 Å². The SMILES string of the molecule is CC1=Cc2c(ccc(-c3cccc(C#N)c3)c2Cl)N(C)C1(C)C. The molecule has 2 aromatic carbocycles.